The average molecular weight is 259 g/mol. The molecule has 0 unspecified atom stereocenters. The van der Waals surface area contributed by atoms with E-state index in [-0.39, 0.29) is 5.91 Å². The van der Waals surface area contributed by atoms with Crippen molar-refractivity contribution < 1.29 is 4.79 Å². The van der Waals surface area contributed by atoms with Crippen LogP contribution < -0.4 is 5.32 Å². The van der Waals surface area contributed by atoms with E-state index in [1.165, 1.54) is 0 Å². The first-order chi connectivity index (χ1) is 9.18. The molecule has 1 heterocycles. The van der Waals surface area contributed by atoms with Gasteiger partial charge in [0.1, 0.15) is 5.41 Å². The number of rotatable bonds is 7. The Bertz CT molecular complexity index is 430. The summed E-state index contributed by atoms with van der Waals surface area (Å²) in [6.07, 6.45) is 6.26. The average Bonchev–Trinajstić information content (AvgIpc) is 2.45. The molecule has 4 heteroatoms. The Labute approximate surface area is 114 Å². The van der Waals surface area contributed by atoms with Crippen molar-refractivity contribution in [1.29, 1.82) is 5.26 Å². The van der Waals surface area contributed by atoms with Crippen LogP contribution in [0.25, 0.3) is 0 Å². The fourth-order valence-electron chi connectivity index (χ4n) is 2.22. The van der Waals surface area contributed by atoms with Crippen molar-refractivity contribution in [2.24, 2.45) is 5.41 Å². The summed E-state index contributed by atoms with van der Waals surface area (Å²) < 4.78 is 0. The van der Waals surface area contributed by atoms with Gasteiger partial charge in [-0.3, -0.25) is 9.78 Å². The third kappa shape index (κ3) is 4.06. The Balaban J connectivity index is 2.70. The van der Waals surface area contributed by atoms with E-state index in [9.17, 15) is 10.1 Å². The maximum absolute atomic E-state index is 12.3. The second-order valence-corrected chi connectivity index (χ2v) is 4.73. The molecule has 1 aromatic heterocycles. The van der Waals surface area contributed by atoms with Crippen molar-refractivity contribution in [3.8, 4) is 6.07 Å². The van der Waals surface area contributed by atoms with Crippen molar-refractivity contribution in [2.75, 3.05) is 0 Å². The molecule has 1 amide bonds. The summed E-state index contributed by atoms with van der Waals surface area (Å²) in [5.41, 5.74) is 0.111. The predicted molar refractivity (Wildman–Crippen MR) is 73.9 cm³/mol. The van der Waals surface area contributed by atoms with E-state index in [2.05, 4.69) is 16.4 Å². The first-order valence-corrected chi connectivity index (χ1v) is 6.77. The van der Waals surface area contributed by atoms with Gasteiger partial charge in [0.05, 0.1) is 6.07 Å². The van der Waals surface area contributed by atoms with Gasteiger partial charge in [-0.15, -0.1) is 0 Å². The number of carbonyl (C=O) groups is 1. The van der Waals surface area contributed by atoms with E-state index in [4.69, 9.17) is 0 Å². The van der Waals surface area contributed by atoms with E-state index in [1.54, 1.807) is 12.4 Å². The van der Waals surface area contributed by atoms with Gasteiger partial charge >= 0.3 is 0 Å². The molecule has 102 valence electrons. The lowest BCUT2D eigenvalue weighted by Gasteiger charge is -2.24. The molecule has 0 radical (unpaired) electrons. The summed E-state index contributed by atoms with van der Waals surface area (Å²) in [4.78, 5) is 16.2. The zero-order valence-corrected chi connectivity index (χ0v) is 11.6. The standard InChI is InChI=1S/C15H21N3O/c1-3-7-15(12-16,8-4-2)14(19)18-11-13-5-9-17-10-6-13/h5-6,9-10H,3-4,7-8,11H2,1-2H3,(H,18,19). The van der Waals surface area contributed by atoms with Gasteiger partial charge in [-0.1, -0.05) is 26.7 Å². The lowest BCUT2D eigenvalue weighted by molar-refractivity contribution is -0.129. The van der Waals surface area contributed by atoms with Crippen molar-refractivity contribution in [2.45, 2.75) is 46.1 Å². The Morgan fingerprint density at radius 1 is 1.32 bits per heavy atom. The van der Waals surface area contributed by atoms with Crippen LogP contribution in [0.1, 0.15) is 45.1 Å². The number of hydrogen-bond acceptors (Lipinski definition) is 3. The lowest BCUT2D eigenvalue weighted by atomic mass is 9.79. The smallest absolute Gasteiger partial charge is 0.240 e. The number of aromatic nitrogens is 1. The minimum atomic E-state index is -0.878. The van der Waals surface area contributed by atoms with Crippen LogP contribution in [0.4, 0.5) is 0 Å². The quantitative estimate of drug-likeness (QED) is 0.818. The van der Waals surface area contributed by atoms with E-state index in [0.717, 1.165) is 18.4 Å². The molecule has 0 spiro atoms. The first kappa shape index (κ1) is 15.2. The van der Waals surface area contributed by atoms with E-state index < -0.39 is 5.41 Å². The minimum absolute atomic E-state index is 0.157. The largest absolute Gasteiger partial charge is 0.351 e. The second-order valence-electron chi connectivity index (χ2n) is 4.73. The molecule has 0 bridgehead atoms. The number of nitrogens with zero attached hydrogens (tertiary/aromatic N) is 2. The number of nitrogens with one attached hydrogen (secondary N) is 1. The molecule has 0 atom stereocenters. The van der Waals surface area contributed by atoms with Gasteiger partial charge in [0.15, 0.2) is 0 Å². The van der Waals surface area contributed by atoms with Crippen LogP contribution in [0, 0.1) is 16.7 Å². The maximum atomic E-state index is 12.3. The molecule has 1 rings (SSSR count). The van der Waals surface area contributed by atoms with Crippen LogP contribution in [-0.4, -0.2) is 10.9 Å². The summed E-state index contributed by atoms with van der Waals surface area (Å²) in [6, 6.07) is 5.94. The Morgan fingerprint density at radius 3 is 2.37 bits per heavy atom. The minimum Gasteiger partial charge on any atom is -0.351 e. The SMILES string of the molecule is CCCC(C#N)(CCC)C(=O)NCc1ccncc1. The van der Waals surface area contributed by atoms with E-state index in [1.807, 2.05) is 26.0 Å². The second kappa shape index (κ2) is 7.52. The first-order valence-electron chi connectivity index (χ1n) is 6.77. The summed E-state index contributed by atoms with van der Waals surface area (Å²) in [5.74, 6) is -0.157. The third-order valence-electron chi connectivity index (χ3n) is 3.20. The molecule has 1 N–H and O–H groups in total. The fourth-order valence-corrected chi connectivity index (χ4v) is 2.22. The normalized spacial score (nSPS) is 10.8. The molecule has 0 aliphatic heterocycles. The molecular formula is C15H21N3O. The summed E-state index contributed by atoms with van der Waals surface area (Å²) in [7, 11) is 0. The highest BCUT2D eigenvalue weighted by Crippen LogP contribution is 2.29. The van der Waals surface area contributed by atoms with E-state index in [0.29, 0.717) is 19.4 Å². The highest BCUT2D eigenvalue weighted by Gasteiger charge is 2.36. The van der Waals surface area contributed by atoms with Gasteiger partial charge in [-0.2, -0.15) is 5.26 Å². The van der Waals surface area contributed by atoms with Crippen LogP contribution in [0.15, 0.2) is 24.5 Å². The molecule has 19 heavy (non-hydrogen) atoms. The van der Waals surface area contributed by atoms with Crippen molar-refractivity contribution in [1.82, 2.24) is 10.3 Å². The zero-order chi connectivity index (χ0) is 14.1. The number of nitriles is 1. The Kier molecular flexibility index (Phi) is 6.01. The van der Waals surface area contributed by atoms with Gasteiger partial charge in [-0.05, 0) is 30.5 Å². The Hall–Kier alpha value is -1.89. The van der Waals surface area contributed by atoms with Crippen LogP contribution >= 0.6 is 0 Å². The Morgan fingerprint density at radius 2 is 1.89 bits per heavy atom. The lowest BCUT2D eigenvalue weighted by Crippen LogP contribution is -2.39. The molecule has 0 aliphatic carbocycles. The van der Waals surface area contributed by atoms with Gasteiger partial charge in [0.2, 0.25) is 5.91 Å². The van der Waals surface area contributed by atoms with Gasteiger partial charge in [-0.25, -0.2) is 0 Å². The molecule has 1 aromatic rings. The number of carbonyl (C=O) groups excluding carboxylic acids is 1. The van der Waals surface area contributed by atoms with Crippen LogP contribution in [-0.2, 0) is 11.3 Å². The summed E-state index contributed by atoms with van der Waals surface area (Å²) in [5, 5.41) is 12.3. The van der Waals surface area contributed by atoms with Gasteiger partial charge < -0.3 is 5.32 Å². The predicted octanol–water partition coefficient (Wildman–Crippen LogP) is 2.81. The number of amides is 1. The van der Waals surface area contributed by atoms with Crippen LogP contribution in [0.3, 0.4) is 0 Å². The molecule has 0 aliphatic rings. The molecule has 0 fully saturated rings. The number of hydrogen-bond donors (Lipinski definition) is 1. The number of pyridine rings is 1. The zero-order valence-electron chi connectivity index (χ0n) is 11.6. The molecule has 0 saturated heterocycles. The monoisotopic (exact) mass is 259 g/mol. The topological polar surface area (TPSA) is 65.8 Å². The molecule has 0 aromatic carbocycles. The van der Waals surface area contributed by atoms with Crippen LogP contribution in [0.2, 0.25) is 0 Å². The highest BCUT2D eigenvalue weighted by atomic mass is 16.2. The van der Waals surface area contributed by atoms with Crippen LogP contribution in [0.5, 0.6) is 0 Å². The van der Waals surface area contributed by atoms with E-state index >= 15 is 0 Å². The van der Waals surface area contributed by atoms with Crippen molar-refractivity contribution in [3.05, 3.63) is 30.1 Å². The van der Waals surface area contributed by atoms with Gasteiger partial charge in [0.25, 0.3) is 0 Å². The molecular weight excluding hydrogens is 238 g/mol. The van der Waals surface area contributed by atoms with Crippen molar-refractivity contribution in [3.63, 3.8) is 0 Å². The maximum Gasteiger partial charge on any atom is 0.240 e. The summed E-state index contributed by atoms with van der Waals surface area (Å²) in [6.45, 7) is 4.44. The summed E-state index contributed by atoms with van der Waals surface area (Å²) >= 11 is 0. The van der Waals surface area contributed by atoms with Crippen molar-refractivity contribution >= 4 is 5.91 Å². The third-order valence-corrected chi connectivity index (χ3v) is 3.20. The molecule has 4 nitrogen and oxygen atoms in total. The van der Waals surface area contributed by atoms with Gasteiger partial charge in [0, 0.05) is 18.9 Å². The highest BCUT2D eigenvalue weighted by molar-refractivity contribution is 5.85. The molecule has 0 saturated carbocycles. The fraction of sp³-hybridized carbons (Fsp3) is 0.533.